The summed E-state index contributed by atoms with van der Waals surface area (Å²) >= 11 is 10.8. The number of hydrogen-bond donors (Lipinski definition) is 0. The van der Waals surface area contributed by atoms with Crippen LogP contribution in [0.15, 0.2) is 60.7 Å². The molecule has 0 radical (unpaired) electrons. The van der Waals surface area contributed by atoms with Crippen molar-refractivity contribution < 1.29 is 0 Å². The molecule has 2 heteroatoms. The summed E-state index contributed by atoms with van der Waals surface area (Å²) in [5, 5.41) is 0. The summed E-state index contributed by atoms with van der Waals surface area (Å²) in [5.41, 5.74) is 2.01. The topological polar surface area (TPSA) is 0 Å². The highest BCUT2D eigenvalue weighted by molar-refractivity contribution is 7.77. The van der Waals surface area contributed by atoms with E-state index in [1.165, 1.54) is 0 Å². The quantitative estimate of drug-likeness (QED) is 0.583. The van der Waals surface area contributed by atoms with E-state index in [0.717, 1.165) is 20.9 Å². The molecule has 0 aliphatic heterocycles. The zero-order chi connectivity index (χ0) is 11.4. The van der Waals surface area contributed by atoms with Crippen molar-refractivity contribution in [3.63, 3.8) is 0 Å². The lowest BCUT2D eigenvalue weighted by Crippen LogP contribution is -1.86. The average molecular weight is 242 g/mol. The Kier molecular flexibility index (Phi) is 3.54. The van der Waals surface area contributed by atoms with Crippen molar-refractivity contribution in [1.29, 1.82) is 0 Å². The maximum Gasteiger partial charge on any atom is -0.0463 e. The fraction of sp³-hybridized carbons (Fsp3) is 0. The van der Waals surface area contributed by atoms with Gasteiger partial charge >= 0.3 is 0 Å². The fourth-order valence-corrected chi connectivity index (χ4v) is 1.95. The van der Waals surface area contributed by atoms with Crippen LogP contribution < -0.4 is 0 Å². The van der Waals surface area contributed by atoms with Crippen LogP contribution in [0.4, 0.5) is 0 Å². The minimum absolute atomic E-state index is 0.738. The summed E-state index contributed by atoms with van der Waals surface area (Å²) in [6, 6.07) is 19.7. The van der Waals surface area contributed by atoms with Gasteiger partial charge in [0.05, 0.1) is 0 Å². The Labute approximate surface area is 107 Å². The smallest absolute Gasteiger partial charge is 0.0463 e. The minimum Gasteiger partial charge on any atom is -0.781 e. The molecule has 0 N–H and O–H groups in total. The van der Waals surface area contributed by atoms with Crippen LogP contribution in [0.1, 0.15) is 11.1 Å². The van der Waals surface area contributed by atoms with Gasteiger partial charge in [0.15, 0.2) is 0 Å². The lowest BCUT2D eigenvalue weighted by atomic mass is 10.1. The average Bonchev–Trinajstić information content (AvgIpc) is 2.39. The van der Waals surface area contributed by atoms with Gasteiger partial charge in [0.1, 0.15) is 0 Å². The van der Waals surface area contributed by atoms with Crippen LogP contribution in [0, 0.1) is 0 Å². The molecule has 2 aromatic rings. The van der Waals surface area contributed by atoms with Gasteiger partial charge in [-0.15, -0.1) is 0 Å². The number of rotatable bonds is 2. The Morgan fingerprint density at radius 2 is 0.875 bits per heavy atom. The van der Waals surface area contributed by atoms with Gasteiger partial charge < -0.3 is 25.3 Å². The molecule has 2 aromatic carbocycles. The van der Waals surface area contributed by atoms with E-state index >= 15 is 0 Å². The molecule has 80 valence electrons. The molecule has 0 aromatic heterocycles. The number of hydrogen-bond acceptors (Lipinski definition) is 2. The minimum atomic E-state index is 0.738. The molecule has 0 bridgehead atoms. The highest BCUT2D eigenvalue weighted by atomic mass is 32.1. The molecule has 16 heavy (non-hydrogen) atoms. The van der Waals surface area contributed by atoms with E-state index in [4.69, 9.17) is 25.3 Å². The lowest BCUT2D eigenvalue weighted by molar-refractivity contribution is 1.63. The van der Waals surface area contributed by atoms with E-state index in [1.807, 2.05) is 60.7 Å². The summed E-state index contributed by atoms with van der Waals surface area (Å²) in [5.74, 6) is 0. The standard InChI is InChI=1S/C14H12S2/c15-13(11-7-3-1-4-8-11)14(16)12-9-5-2-6-10-12/h1-10,15-16H/p-2/b14-13-. The maximum atomic E-state index is 5.38. The van der Waals surface area contributed by atoms with Crippen LogP contribution in [0.2, 0.25) is 0 Å². The van der Waals surface area contributed by atoms with Crippen LogP contribution in [0.3, 0.4) is 0 Å². The fourth-order valence-electron chi connectivity index (χ4n) is 1.44. The van der Waals surface area contributed by atoms with E-state index in [0.29, 0.717) is 0 Å². The molecule has 0 saturated heterocycles. The molecular formula is C14H10S2-2. The molecule has 0 fully saturated rings. The Morgan fingerprint density at radius 3 is 1.19 bits per heavy atom. The van der Waals surface area contributed by atoms with E-state index in [-0.39, 0.29) is 0 Å². The predicted octanol–water partition coefficient (Wildman–Crippen LogP) is 3.61. The predicted molar refractivity (Wildman–Crippen MR) is 74.4 cm³/mol. The third kappa shape index (κ3) is 2.40. The van der Waals surface area contributed by atoms with Crippen LogP contribution in [0.5, 0.6) is 0 Å². The highest BCUT2D eigenvalue weighted by Gasteiger charge is 1.90. The van der Waals surface area contributed by atoms with Gasteiger partial charge in [-0.25, -0.2) is 0 Å². The Balaban J connectivity index is 2.43. The Morgan fingerprint density at radius 1 is 0.562 bits per heavy atom. The van der Waals surface area contributed by atoms with E-state index in [1.54, 1.807) is 0 Å². The SMILES string of the molecule is [S-]/C(=C(\[S-])c1ccccc1)c1ccccc1. The molecule has 0 aliphatic rings. The number of benzene rings is 2. The van der Waals surface area contributed by atoms with E-state index < -0.39 is 0 Å². The molecule has 2 rings (SSSR count). The normalized spacial score (nSPS) is 12.0. The second-order valence-corrected chi connectivity index (χ2v) is 4.21. The molecule has 0 aliphatic carbocycles. The van der Waals surface area contributed by atoms with Crippen LogP contribution >= 0.6 is 0 Å². The van der Waals surface area contributed by atoms with Crippen molar-refractivity contribution >= 4 is 35.1 Å². The third-order valence-electron chi connectivity index (χ3n) is 2.28. The van der Waals surface area contributed by atoms with Gasteiger partial charge in [-0.2, -0.15) is 9.81 Å². The molecule has 0 heterocycles. The van der Waals surface area contributed by atoms with Crippen LogP contribution in [-0.2, 0) is 25.3 Å². The molecule has 0 nitrogen and oxygen atoms in total. The molecular weight excluding hydrogens is 232 g/mol. The first-order valence-corrected chi connectivity index (χ1v) is 5.80. The lowest BCUT2D eigenvalue weighted by Gasteiger charge is -2.26. The summed E-state index contributed by atoms with van der Waals surface area (Å²) in [7, 11) is 0. The largest absolute Gasteiger partial charge is 0.781 e. The summed E-state index contributed by atoms with van der Waals surface area (Å²) in [6.07, 6.45) is 0. The van der Waals surface area contributed by atoms with Crippen molar-refractivity contribution in [2.75, 3.05) is 0 Å². The molecule has 0 saturated carbocycles. The zero-order valence-corrected chi connectivity index (χ0v) is 10.2. The van der Waals surface area contributed by atoms with Crippen molar-refractivity contribution in [3.8, 4) is 0 Å². The van der Waals surface area contributed by atoms with Crippen molar-refractivity contribution in [2.24, 2.45) is 0 Å². The van der Waals surface area contributed by atoms with Gasteiger partial charge in [-0.3, -0.25) is 0 Å². The van der Waals surface area contributed by atoms with E-state index in [9.17, 15) is 0 Å². The van der Waals surface area contributed by atoms with Gasteiger partial charge in [0.2, 0.25) is 0 Å². The summed E-state index contributed by atoms with van der Waals surface area (Å²) in [4.78, 5) is 1.48. The summed E-state index contributed by atoms with van der Waals surface area (Å²) in [6.45, 7) is 0. The monoisotopic (exact) mass is 242 g/mol. The highest BCUT2D eigenvalue weighted by Crippen LogP contribution is 2.23. The Bertz CT molecular complexity index is 439. The van der Waals surface area contributed by atoms with Gasteiger partial charge in [-0.05, 0) is 11.1 Å². The van der Waals surface area contributed by atoms with Crippen LogP contribution in [0.25, 0.3) is 9.81 Å². The molecule has 0 atom stereocenters. The molecule has 0 spiro atoms. The van der Waals surface area contributed by atoms with Crippen molar-refractivity contribution in [2.45, 2.75) is 0 Å². The van der Waals surface area contributed by atoms with E-state index in [2.05, 4.69) is 0 Å². The van der Waals surface area contributed by atoms with Gasteiger partial charge in [0, 0.05) is 0 Å². The van der Waals surface area contributed by atoms with Crippen LogP contribution in [-0.4, -0.2) is 0 Å². The Hall–Kier alpha value is -1.38. The van der Waals surface area contributed by atoms with Gasteiger partial charge in [-0.1, -0.05) is 60.7 Å². The third-order valence-corrected chi connectivity index (χ3v) is 3.29. The second-order valence-electron chi connectivity index (χ2n) is 3.39. The van der Waals surface area contributed by atoms with Crippen molar-refractivity contribution in [1.82, 2.24) is 0 Å². The first-order valence-electron chi connectivity index (χ1n) is 4.98. The summed E-state index contributed by atoms with van der Waals surface area (Å²) < 4.78 is 0. The zero-order valence-electron chi connectivity index (χ0n) is 8.59. The second kappa shape index (κ2) is 5.10. The molecule has 0 unspecified atom stereocenters. The molecule has 0 amide bonds. The maximum absolute atomic E-state index is 5.38. The first kappa shape index (κ1) is 11.1. The van der Waals surface area contributed by atoms with Crippen molar-refractivity contribution in [3.05, 3.63) is 71.8 Å². The van der Waals surface area contributed by atoms with Gasteiger partial charge in [0.25, 0.3) is 0 Å². The first-order chi connectivity index (χ1) is 7.79.